The van der Waals surface area contributed by atoms with Gasteiger partial charge in [0.1, 0.15) is 6.54 Å². The highest BCUT2D eigenvalue weighted by Gasteiger charge is 2.23. The van der Waals surface area contributed by atoms with E-state index < -0.39 is 10.0 Å². The molecule has 2 aromatic carbocycles. The fraction of sp³-hybridized carbons (Fsp3) is 0.435. The number of carbonyl (C=O) groups is 1. The second-order valence-electron chi connectivity index (χ2n) is 8.13. The van der Waals surface area contributed by atoms with Crippen LogP contribution in [0.15, 0.2) is 42.5 Å². The lowest BCUT2D eigenvalue weighted by molar-refractivity contribution is -0.120. The summed E-state index contributed by atoms with van der Waals surface area (Å²) in [6.07, 6.45) is 4.81. The highest BCUT2D eigenvalue weighted by molar-refractivity contribution is 7.92. The largest absolute Gasteiger partial charge is 0.372 e. The molecule has 1 aliphatic rings. The summed E-state index contributed by atoms with van der Waals surface area (Å²) in [5.41, 5.74) is 3.30. The Morgan fingerprint density at radius 2 is 1.77 bits per heavy atom. The summed E-state index contributed by atoms with van der Waals surface area (Å²) < 4.78 is 25.8. The summed E-state index contributed by atoms with van der Waals surface area (Å²) in [7, 11) is -3.66. The Morgan fingerprint density at radius 3 is 2.39 bits per heavy atom. The van der Waals surface area contributed by atoms with E-state index in [1.54, 1.807) is 25.1 Å². The molecule has 1 amide bonds. The Kier molecular flexibility index (Phi) is 7.49. The number of hydrogen-bond donors (Lipinski definition) is 1. The highest BCUT2D eigenvalue weighted by atomic mass is 35.5. The molecule has 0 aromatic heterocycles. The lowest BCUT2D eigenvalue weighted by Gasteiger charge is -2.29. The van der Waals surface area contributed by atoms with E-state index in [9.17, 15) is 13.2 Å². The molecule has 1 unspecified atom stereocenters. The van der Waals surface area contributed by atoms with Crippen LogP contribution >= 0.6 is 11.6 Å². The van der Waals surface area contributed by atoms with E-state index in [1.807, 2.05) is 19.1 Å². The molecule has 1 aliphatic heterocycles. The number of piperidine rings is 1. The zero-order valence-corrected chi connectivity index (χ0v) is 19.8. The topological polar surface area (TPSA) is 69.7 Å². The molecule has 0 saturated carbocycles. The van der Waals surface area contributed by atoms with E-state index in [-0.39, 0.29) is 18.5 Å². The number of hydrogen-bond acceptors (Lipinski definition) is 4. The number of sulfonamides is 1. The minimum absolute atomic E-state index is 0.246. The van der Waals surface area contributed by atoms with Crippen LogP contribution in [0.2, 0.25) is 5.02 Å². The van der Waals surface area contributed by atoms with Crippen molar-refractivity contribution in [3.05, 3.63) is 58.6 Å². The molecule has 1 heterocycles. The maximum absolute atomic E-state index is 12.7. The molecule has 0 bridgehead atoms. The van der Waals surface area contributed by atoms with E-state index in [0.29, 0.717) is 10.7 Å². The third-order valence-corrected chi connectivity index (χ3v) is 6.98. The number of nitrogens with zero attached hydrogens (tertiary/aromatic N) is 2. The van der Waals surface area contributed by atoms with Gasteiger partial charge in [0.05, 0.1) is 18.0 Å². The smallest absolute Gasteiger partial charge is 0.241 e. The van der Waals surface area contributed by atoms with Gasteiger partial charge in [0, 0.05) is 23.8 Å². The Hall–Kier alpha value is -2.25. The van der Waals surface area contributed by atoms with Gasteiger partial charge in [-0.15, -0.1) is 0 Å². The number of nitrogens with one attached hydrogen (secondary N) is 1. The van der Waals surface area contributed by atoms with Gasteiger partial charge in [-0.2, -0.15) is 0 Å². The lowest BCUT2D eigenvalue weighted by Crippen LogP contribution is -2.41. The van der Waals surface area contributed by atoms with Gasteiger partial charge in [-0.1, -0.05) is 29.8 Å². The number of anilines is 2. The van der Waals surface area contributed by atoms with Crippen molar-refractivity contribution in [1.29, 1.82) is 0 Å². The summed E-state index contributed by atoms with van der Waals surface area (Å²) in [5, 5.41) is 3.32. The van der Waals surface area contributed by atoms with Gasteiger partial charge in [-0.05, 0) is 68.5 Å². The van der Waals surface area contributed by atoms with Crippen LogP contribution in [0, 0.1) is 6.92 Å². The molecule has 8 heteroatoms. The van der Waals surface area contributed by atoms with Crippen molar-refractivity contribution in [1.82, 2.24) is 5.32 Å². The van der Waals surface area contributed by atoms with Gasteiger partial charge in [-0.25, -0.2) is 8.42 Å². The zero-order chi connectivity index (χ0) is 22.6. The maximum atomic E-state index is 12.7. The van der Waals surface area contributed by atoms with Gasteiger partial charge in [0.25, 0.3) is 0 Å². The molecule has 168 valence electrons. The van der Waals surface area contributed by atoms with Gasteiger partial charge >= 0.3 is 0 Å². The van der Waals surface area contributed by atoms with Crippen LogP contribution in [-0.2, 0) is 14.8 Å². The lowest BCUT2D eigenvalue weighted by atomic mass is 10.1. The molecule has 0 radical (unpaired) electrons. The number of halogens is 1. The number of rotatable bonds is 7. The van der Waals surface area contributed by atoms with E-state index >= 15 is 0 Å². The molecule has 31 heavy (non-hydrogen) atoms. The van der Waals surface area contributed by atoms with Gasteiger partial charge in [-0.3, -0.25) is 9.10 Å². The molecule has 6 nitrogen and oxygen atoms in total. The van der Waals surface area contributed by atoms with Crippen LogP contribution in [0.4, 0.5) is 11.4 Å². The van der Waals surface area contributed by atoms with E-state index in [4.69, 9.17) is 11.6 Å². The van der Waals surface area contributed by atoms with Gasteiger partial charge in [0.15, 0.2) is 0 Å². The van der Waals surface area contributed by atoms with Crippen LogP contribution in [0.3, 0.4) is 0 Å². The molecule has 1 saturated heterocycles. The first-order valence-electron chi connectivity index (χ1n) is 10.5. The molecule has 3 rings (SSSR count). The van der Waals surface area contributed by atoms with E-state index in [2.05, 4.69) is 22.3 Å². The number of amides is 1. The van der Waals surface area contributed by atoms with E-state index in [0.717, 1.165) is 34.8 Å². The van der Waals surface area contributed by atoms with Crippen molar-refractivity contribution in [3.8, 4) is 0 Å². The second-order valence-corrected chi connectivity index (χ2v) is 10.5. The summed E-state index contributed by atoms with van der Waals surface area (Å²) in [5.74, 6) is -0.377. The zero-order valence-electron chi connectivity index (χ0n) is 18.3. The first kappa shape index (κ1) is 23.4. The van der Waals surface area contributed by atoms with Gasteiger partial charge in [0.2, 0.25) is 15.9 Å². The summed E-state index contributed by atoms with van der Waals surface area (Å²) in [6, 6.07) is 13.0. The molecule has 1 atom stereocenters. The summed E-state index contributed by atoms with van der Waals surface area (Å²) in [4.78, 5) is 15.1. The molecule has 2 aromatic rings. The van der Waals surface area contributed by atoms with E-state index in [1.165, 1.54) is 24.9 Å². The molecule has 1 N–H and O–H groups in total. The Balaban J connectivity index is 1.68. The van der Waals surface area contributed by atoms with Crippen LogP contribution in [-0.4, -0.2) is 40.2 Å². The number of aryl methyl sites for hydroxylation is 1. The van der Waals surface area contributed by atoms with Crippen LogP contribution < -0.4 is 14.5 Å². The van der Waals surface area contributed by atoms with Crippen molar-refractivity contribution in [2.45, 2.75) is 39.2 Å². The second kappa shape index (κ2) is 9.92. The van der Waals surface area contributed by atoms with Crippen molar-refractivity contribution in [2.75, 3.05) is 35.1 Å². The Labute approximate surface area is 190 Å². The van der Waals surface area contributed by atoms with Gasteiger partial charge < -0.3 is 10.2 Å². The normalized spacial score (nSPS) is 15.4. The standard InChI is InChI=1S/C23H30ClN3O3S/c1-17-7-10-20(24)15-22(17)27(31(3,29)30)16-23(28)25-18(2)19-8-11-21(12-9-19)26-13-5-4-6-14-26/h7-12,15,18H,4-6,13-14,16H2,1-3H3,(H,25,28). The quantitative estimate of drug-likeness (QED) is 0.665. The number of benzene rings is 2. The van der Waals surface area contributed by atoms with Crippen molar-refractivity contribution in [2.24, 2.45) is 0 Å². The summed E-state index contributed by atoms with van der Waals surface area (Å²) in [6.45, 7) is 5.53. The molecular weight excluding hydrogens is 434 g/mol. The fourth-order valence-electron chi connectivity index (χ4n) is 3.86. The van der Waals surface area contributed by atoms with Crippen molar-refractivity contribution >= 4 is 38.9 Å². The summed E-state index contributed by atoms with van der Waals surface area (Å²) >= 11 is 6.06. The Bertz CT molecular complexity index is 1020. The maximum Gasteiger partial charge on any atom is 0.241 e. The van der Waals surface area contributed by atoms with Crippen molar-refractivity contribution < 1.29 is 13.2 Å². The predicted molar refractivity (Wildman–Crippen MR) is 127 cm³/mol. The first-order valence-corrected chi connectivity index (χ1v) is 12.8. The third kappa shape index (κ3) is 6.14. The van der Waals surface area contributed by atoms with Crippen LogP contribution in [0.25, 0.3) is 0 Å². The monoisotopic (exact) mass is 463 g/mol. The minimum atomic E-state index is -3.66. The van der Waals surface area contributed by atoms with Crippen LogP contribution in [0.5, 0.6) is 0 Å². The first-order chi connectivity index (χ1) is 14.6. The molecule has 0 spiro atoms. The van der Waals surface area contributed by atoms with Crippen molar-refractivity contribution in [3.63, 3.8) is 0 Å². The molecule has 1 fully saturated rings. The molecule has 0 aliphatic carbocycles. The molecular formula is C23H30ClN3O3S. The third-order valence-electron chi connectivity index (χ3n) is 5.62. The fourth-order valence-corrected chi connectivity index (χ4v) is 4.93. The average Bonchev–Trinajstić information content (AvgIpc) is 2.74. The van der Waals surface area contributed by atoms with Crippen LogP contribution in [0.1, 0.15) is 43.4 Å². The number of carbonyl (C=O) groups excluding carboxylic acids is 1. The Morgan fingerprint density at radius 1 is 1.13 bits per heavy atom. The SMILES string of the molecule is Cc1ccc(Cl)cc1N(CC(=O)NC(C)c1ccc(N2CCCCC2)cc1)S(C)(=O)=O. The average molecular weight is 464 g/mol. The predicted octanol–water partition coefficient (Wildman–Crippen LogP) is 4.28. The minimum Gasteiger partial charge on any atom is -0.372 e. The highest BCUT2D eigenvalue weighted by Crippen LogP contribution is 2.26.